The lowest BCUT2D eigenvalue weighted by Gasteiger charge is -2.07. The Morgan fingerprint density at radius 3 is 2.74 bits per heavy atom. The first-order valence-corrected chi connectivity index (χ1v) is 5.89. The van der Waals surface area contributed by atoms with Gasteiger partial charge in [0.2, 0.25) is 0 Å². The third-order valence-electron chi connectivity index (χ3n) is 2.79. The fourth-order valence-electron chi connectivity index (χ4n) is 1.95. The molecule has 0 unspecified atom stereocenters. The molecule has 0 radical (unpaired) electrons. The van der Waals surface area contributed by atoms with Gasteiger partial charge in [-0.25, -0.2) is 9.48 Å². The molecule has 1 N–H and O–H groups in total. The quantitative estimate of drug-likeness (QED) is 0.779. The molecule has 3 rings (SSSR count). The van der Waals surface area contributed by atoms with Gasteiger partial charge in [-0.15, -0.1) is 5.10 Å². The number of carboxylic acid groups (broad SMARTS) is 1. The maximum atomic E-state index is 11.3. The Kier molecular flexibility index (Phi) is 2.68. The minimum Gasteiger partial charge on any atom is -0.478 e. The lowest BCUT2D eigenvalue weighted by atomic mass is 10.1. The van der Waals surface area contributed by atoms with Gasteiger partial charge in [-0.1, -0.05) is 35.0 Å². The van der Waals surface area contributed by atoms with Crippen LogP contribution in [0.1, 0.15) is 10.4 Å². The van der Waals surface area contributed by atoms with Crippen LogP contribution >= 0.6 is 11.6 Å². The van der Waals surface area contributed by atoms with Crippen LogP contribution in [0, 0.1) is 0 Å². The Bertz CT molecular complexity index is 782. The fourth-order valence-corrected chi connectivity index (χ4v) is 2.20. The van der Waals surface area contributed by atoms with Gasteiger partial charge in [-0.2, -0.15) is 0 Å². The third kappa shape index (κ3) is 1.84. The van der Waals surface area contributed by atoms with Crippen LogP contribution in [0.25, 0.3) is 16.7 Å². The Balaban J connectivity index is 2.33. The number of para-hydroxylation sites is 1. The summed E-state index contributed by atoms with van der Waals surface area (Å²) in [4.78, 5) is 11.3. The Hall–Kier alpha value is -2.40. The standard InChI is InChI=1S/C13H8ClN3O2/c14-8-4-3-7-11(12(8)13(18)19)17-10-6-2-1-5-9(10)15-16-17/h1-7H,(H,18,19). The zero-order chi connectivity index (χ0) is 13.4. The molecule has 0 aliphatic rings. The van der Waals surface area contributed by atoms with E-state index in [1.54, 1.807) is 12.1 Å². The molecule has 1 heterocycles. The molecule has 19 heavy (non-hydrogen) atoms. The molecule has 0 aliphatic heterocycles. The number of nitrogens with zero attached hydrogens (tertiary/aromatic N) is 3. The van der Waals surface area contributed by atoms with Gasteiger partial charge >= 0.3 is 5.97 Å². The van der Waals surface area contributed by atoms with Gasteiger partial charge in [-0.3, -0.25) is 0 Å². The van der Waals surface area contributed by atoms with Crippen molar-refractivity contribution in [2.75, 3.05) is 0 Å². The van der Waals surface area contributed by atoms with Gasteiger partial charge in [0.05, 0.1) is 16.2 Å². The molecule has 2 aromatic carbocycles. The van der Waals surface area contributed by atoms with Gasteiger partial charge in [0, 0.05) is 0 Å². The van der Waals surface area contributed by atoms with Crippen LogP contribution in [0.15, 0.2) is 42.5 Å². The van der Waals surface area contributed by atoms with Gasteiger partial charge < -0.3 is 5.11 Å². The van der Waals surface area contributed by atoms with E-state index in [-0.39, 0.29) is 10.6 Å². The average molecular weight is 274 g/mol. The number of rotatable bonds is 2. The highest BCUT2D eigenvalue weighted by Crippen LogP contribution is 2.25. The second kappa shape index (κ2) is 4.37. The third-order valence-corrected chi connectivity index (χ3v) is 3.10. The molecule has 94 valence electrons. The van der Waals surface area contributed by atoms with Crippen molar-refractivity contribution in [3.8, 4) is 5.69 Å². The summed E-state index contributed by atoms with van der Waals surface area (Å²) in [5.41, 5.74) is 1.83. The predicted molar refractivity (Wildman–Crippen MR) is 70.8 cm³/mol. The zero-order valence-electron chi connectivity index (χ0n) is 9.62. The van der Waals surface area contributed by atoms with E-state index in [9.17, 15) is 9.90 Å². The minimum atomic E-state index is -1.10. The number of halogens is 1. The summed E-state index contributed by atoms with van der Waals surface area (Å²) in [6.07, 6.45) is 0. The summed E-state index contributed by atoms with van der Waals surface area (Å²) in [7, 11) is 0. The average Bonchev–Trinajstić information content (AvgIpc) is 2.81. The lowest BCUT2D eigenvalue weighted by molar-refractivity contribution is 0.0697. The summed E-state index contributed by atoms with van der Waals surface area (Å²) in [5.74, 6) is -1.10. The van der Waals surface area contributed by atoms with Gasteiger partial charge in [0.25, 0.3) is 0 Å². The van der Waals surface area contributed by atoms with Crippen LogP contribution in [0.5, 0.6) is 0 Å². The van der Waals surface area contributed by atoms with E-state index in [4.69, 9.17) is 11.6 Å². The summed E-state index contributed by atoms with van der Waals surface area (Å²) in [6, 6.07) is 12.2. The fraction of sp³-hybridized carbons (Fsp3) is 0. The minimum absolute atomic E-state index is 0.0137. The number of hydrogen-bond donors (Lipinski definition) is 1. The second-order valence-corrected chi connectivity index (χ2v) is 4.34. The largest absolute Gasteiger partial charge is 0.478 e. The van der Waals surface area contributed by atoms with Crippen molar-refractivity contribution in [1.82, 2.24) is 15.0 Å². The molecule has 0 saturated carbocycles. The van der Waals surface area contributed by atoms with Gasteiger partial charge in [0.1, 0.15) is 11.1 Å². The highest BCUT2D eigenvalue weighted by atomic mass is 35.5. The van der Waals surface area contributed by atoms with Crippen LogP contribution in [0.2, 0.25) is 5.02 Å². The van der Waals surface area contributed by atoms with Gasteiger partial charge in [-0.05, 0) is 24.3 Å². The molecular formula is C13H8ClN3O2. The monoisotopic (exact) mass is 273 g/mol. The first kappa shape index (κ1) is 11.7. The van der Waals surface area contributed by atoms with Crippen LogP contribution in [0.4, 0.5) is 0 Å². The van der Waals surface area contributed by atoms with Crippen LogP contribution in [-0.2, 0) is 0 Å². The van der Waals surface area contributed by atoms with Gasteiger partial charge in [0.15, 0.2) is 0 Å². The molecule has 0 spiro atoms. The van der Waals surface area contributed by atoms with Crippen molar-refractivity contribution in [3.05, 3.63) is 53.1 Å². The number of carboxylic acids is 1. The number of benzene rings is 2. The van der Waals surface area contributed by atoms with Crippen molar-refractivity contribution in [3.63, 3.8) is 0 Å². The molecule has 0 fully saturated rings. The molecule has 0 saturated heterocycles. The number of carbonyl (C=O) groups is 1. The SMILES string of the molecule is O=C(O)c1c(Cl)cccc1-n1nnc2ccccc21. The maximum absolute atomic E-state index is 11.3. The van der Waals surface area contributed by atoms with Crippen LogP contribution < -0.4 is 0 Å². The molecule has 3 aromatic rings. The van der Waals surface area contributed by atoms with E-state index in [2.05, 4.69) is 10.3 Å². The van der Waals surface area contributed by atoms with Crippen LogP contribution in [0.3, 0.4) is 0 Å². The predicted octanol–water partition coefficient (Wildman–Crippen LogP) is 2.77. The van der Waals surface area contributed by atoms with Crippen molar-refractivity contribution in [2.24, 2.45) is 0 Å². The molecule has 5 nitrogen and oxygen atoms in total. The number of aromatic carboxylic acids is 1. The number of fused-ring (bicyclic) bond motifs is 1. The van der Waals surface area contributed by atoms with E-state index in [1.807, 2.05) is 24.3 Å². The Morgan fingerprint density at radius 1 is 1.16 bits per heavy atom. The Morgan fingerprint density at radius 2 is 1.95 bits per heavy atom. The Labute approximate surface area is 113 Å². The highest BCUT2D eigenvalue weighted by Gasteiger charge is 2.18. The summed E-state index contributed by atoms with van der Waals surface area (Å²) in [6.45, 7) is 0. The van der Waals surface area contributed by atoms with Crippen molar-refractivity contribution >= 4 is 28.6 Å². The smallest absolute Gasteiger partial charge is 0.339 e. The normalized spacial score (nSPS) is 10.8. The second-order valence-electron chi connectivity index (χ2n) is 3.93. The summed E-state index contributed by atoms with van der Waals surface area (Å²) >= 11 is 5.95. The molecule has 6 heteroatoms. The first-order valence-electron chi connectivity index (χ1n) is 5.51. The lowest BCUT2D eigenvalue weighted by Crippen LogP contribution is -2.07. The molecule has 1 aromatic heterocycles. The van der Waals surface area contributed by atoms with E-state index in [1.165, 1.54) is 10.7 Å². The molecule has 0 aliphatic carbocycles. The molecular weight excluding hydrogens is 266 g/mol. The molecule has 0 amide bonds. The van der Waals surface area contributed by atoms with Crippen LogP contribution in [-0.4, -0.2) is 26.1 Å². The number of aromatic nitrogens is 3. The zero-order valence-corrected chi connectivity index (χ0v) is 10.4. The summed E-state index contributed by atoms with van der Waals surface area (Å²) < 4.78 is 1.48. The topological polar surface area (TPSA) is 68.0 Å². The summed E-state index contributed by atoms with van der Waals surface area (Å²) in [5, 5.41) is 17.4. The van der Waals surface area contributed by atoms with E-state index in [0.29, 0.717) is 11.2 Å². The first-order chi connectivity index (χ1) is 9.18. The number of hydrogen-bond acceptors (Lipinski definition) is 3. The van der Waals surface area contributed by atoms with E-state index < -0.39 is 5.97 Å². The van der Waals surface area contributed by atoms with Crippen molar-refractivity contribution in [2.45, 2.75) is 0 Å². The highest BCUT2D eigenvalue weighted by molar-refractivity contribution is 6.34. The van der Waals surface area contributed by atoms with Crippen molar-refractivity contribution < 1.29 is 9.90 Å². The molecule has 0 atom stereocenters. The van der Waals surface area contributed by atoms with E-state index in [0.717, 1.165) is 5.52 Å². The van der Waals surface area contributed by atoms with E-state index >= 15 is 0 Å². The van der Waals surface area contributed by atoms with Crippen molar-refractivity contribution in [1.29, 1.82) is 0 Å². The maximum Gasteiger partial charge on any atom is 0.339 e. The molecule has 0 bridgehead atoms.